The minimum atomic E-state index is -1.25. The van der Waals surface area contributed by atoms with Crippen molar-refractivity contribution >= 4 is 0 Å². The molecule has 0 amide bonds. The van der Waals surface area contributed by atoms with Crippen LogP contribution in [0.25, 0.3) is 0 Å². The Morgan fingerprint density at radius 1 is 1.22 bits per heavy atom. The molecule has 0 aromatic heterocycles. The van der Waals surface area contributed by atoms with Gasteiger partial charge in [0.15, 0.2) is 0 Å². The molecule has 9 heavy (non-hydrogen) atoms. The molecule has 0 saturated heterocycles. The Bertz CT molecular complexity index is 73.4. The van der Waals surface area contributed by atoms with Gasteiger partial charge in [-0.25, -0.2) is 0 Å². The van der Waals surface area contributed by atoms with Crippen molar-refractivity contribution in [2.75, 3.05) is 6.61 Å². The van der Waals surface area contributed by atoms with E-state index in [0.717, 1.165) is 0 Å². The summed E-state index contributed by atoms with van der Waals surface area (Å²) in [6.45, 7) is 0.801. The van der Waals surface area contributed by atoms with E-state index in [-0.39, 0.29) is 0 Å². The maximum atomic E-state index is 8.73. The van der Waals surface area contributed by atoms with Crippen molar-refractivity contribution in [2.45, 2.75) is 25.2 Å². The second-order valence-corrected chi connectivity index (χ2v) is 1.98. The highest BCUT2D eigenvalue weighted by molar-refractivity contribution is 4.70. The lowest BCUT2D eigenvalue weighted by Crippen LogP contribution is -2.37. The second kappa shape index (κ2) is 3.79. The summed E-state index contributed by atoms with van der Waals surface area (Å²) in [6, 6.07) is 0. The standard InChI is InChI=1S/C5H12O4/c1-3(7)5(9)4(8)2-6/h3-9H,2H2,1H3/t3-,4-,5+/m1/s1. The summed E-state index contributed by atoms with van der Waals surface area (Å²) < 4.78 is 0. The molecule has 3 atom stereocenters. The van der Waals surface area contributed by atoms with Gasteiger partial charge in [-0.15, -0.1) is 0 Å². The molecule has 4 heteroatoms. The lowest BCUT2D eigenvalue weighted by molar-refractivity contribution is -0.0698. The lowest BCUT2D eigenvalue weighted by Gasteiger charge is -2.17. The second-order valence-electron chi connectivity index (χ2n) is 1.98. The van der Waals surface area contributed by atoms with Gasteiger partial charge in [-0.3, -0.25) is 0 Å². The third-order valence-corrected chi connectivity index (χ3v) is 1.08. The van der Waals surface area contributed by atoms with Crippen molar-refractivity contribution in [3.63, 3.8) is 0 Å². The molecular weight excluding hydrogens is 124 g/mol. The van der Waals surface area contributed by atoms with E-state index < -0.39 is 24.9 Å². The molecule has 0 rings (SSSR count). The Balaban J connectivity index is 3.58. The summed E-state index contributed by atoms with van der Waals surface area (Å²) in [5, 5.41) is 34.2. The Kier molecular flexibility index (Phi) is 3.72. The van der Waals surface area contributed by atoms with E-state index in [0.29, 0.717) is 0 Å². The van der Waals surface area contributed by atoms with E-state index in [1.54, 1.807) is 0 Å². The van der Waals surface area contributed by atoms with E-state index in [1.807, 2.05) is 0 Å². The van der Waals surface area contributed by atoms with Gasteiger partial charge < -0.3 is 20.4 Å². The van der Waals surface area contributed by atoms with Crippen LogP contribution in [0.3, 0.4) is 0 Å². The van der Waals surface area contributed by atoms with Gasteiger partial charge in [0.2, 0.25) is 0 Å². The van der Waals surface area contributed by atoms with E-state index >= 15 is 0 Å². The maximum Gasteiger partial charge on any atom is 0.108 e. The van der Waals surface area contributed by atoms with Gasteiger partial charge >= 0.3 is 0 Å². The van der Waals surface area contributed by atoms with Crippen LogP contribution < -0.4 is 0 Å². The van der Waals surface area contributed by atoms with Crippen LogP contribution in [0, 0.1) is 0 Å². The first-order chi connectivity index (χ1) is 4.09. The molecule has 0 heterocycles. The van der Waals surface area contributed by atoms with Gasteiger partial charge in [0, 0.05) is 0 Å². The quantitative estimate of drug-likeness (QED) is 0.364. The highest BCUT2D eigenvalue weighted by Crippen LogP contribution is 1.97. The third-order valence-electron chi connectivity index (χ3n) is 1.08. The molecule has 4 N–H and O–H groups in total. The molecule has 0 saturated carbocycles. The fourth-order valence-electron chi connectivity index (χ4n) is 0.429. The van der Waals surface area contributed by atoms with Crippen LogP contribution in [0.5, 0.6) is 0 Å². The van der Waals surface area contributed by atoms with Crippen molar-refractivity contribution in [2.24, 2.45) is 0 Å². The van der Waals surface area contributed by atoms with Gasteiger partial charge in [-0.2, -0.15) is 0 Å². The van der Waals surface area contributed by atoms with Crippen LogP contribution in [0.2, 0.25) is 0 Å². The number of rotatable bonds is 3. The number of aliphatic hydroxyl groups is 4. The highest BCUT2D eigenvalue weighted by Gasteiger charge is 2.19. The molecule has 0 aliphatic carbocycles. The third kappa shape index (κ3) is 2.76. The Morgan fingerprint density at radius 2 is 1.67 bits per heavy atom. The monoisotopic (exact) mass is 136 g/mol. The van der Waals surface area contributed by atoms with Gasteiger partial charge in [0.05, 0.1) is 12.7 Å². The minimum Gasteiger partial charge on any atom is -0.394 e. The zero-order valence-corrected chi connectivity index (χ0v) is 5.23. The van der Waals surface area contributed by atoms with Crippen LogP contribution in [0.4, 0.5) is 0 Å². The number of hydrogen-bond acceptors (Lipinski definition) is 4. The average molecular weight is 136 g/mol. The fourth-order valence-corrected chi connectivity index (χ4v) is 0.429. The van der Waals surface area contributed by atoms with Crippen LogP contribution >= 0.6 is 0 Å². The minimum absolute atomic E-state index is 0.536. The summed E-state index contributed by atoms with van der Waals surface area (Å²) in [7, 11) is 0. The average Bonchev–Trinajstić information content (AvgIpc) is 1.84. The van der Waals surface area contributed by atoms with E-state index in [2.05, 4.69) is 0 Å². The molecule has 0 aromatic rings. The lowest BCUT2D eigenvalue weighted by atomic mass is 10.1. The van der Waals surface area contributed by atoms with Crippen LogP contribution in [0.15, 0.2) is 0 Å². The normalized spacial score (nSPS) is 21.0. The van der Waals surface area contributed by atoms with Crippen LogP contribution in [0.1, 0.15) is 6.92 Å². The van der Waals surface area contributed by atoms with Crippen LogP contribution in [-0.4, -0.2) is 45.3 Å². The summed E-state index contributed by atoms with van der Waals surface area (Å²) >= 11 is 0. The molecule has 0 unspecified atom stereocenters. The molecule has 0 aromatic carbocycles. The summed E-state index contributed by atoms with van der Waals surface area (Å²) in [5.74, 6) is 0. The molecule has 0 fully saturated rings. The molecule has 0 radical (unpaired) electrons. The fraction of sp³-hybridized carbons (Fsp3) is 1.00. The highest BCUT2D eigenvalue weighted by atomic mass is 16.4. The van der Waals surface area contributed by atoms with Crippen molar-refractivity contribution in [1.29, 1.82) is 0 Å². The predicted octanol–water partition coefficient (Wildman–Crippen LogP) is -1.92. The molecule has 0 spiro atoms. The largest absolute Gasteiger partial charge is 0.394 e. The smallest absolute Gasteiger partial charge is 0.108 e. The molecule has 0 bridgehead atoms. The van der Waals surface area contributed by atoms with Crippen molar-refractivity contribution in [3.05, 3.63) is 0 Å². The molecule has 0 aliphatic rings. The first-order valence-corrected chi connectivity index (χ1v) is 2.74. The molecular formula is C5H12O4. The Labute approximate surface area is 53.4 Å². The zero-order chi connectivity index (χ0) is 7.44. The van der Waals surface area contributed by atoms with Crippen molar-refractivity contribution < 1.29 is 20.4 Å². The molecule has 4 nitrogen and oxygen atoms in total. The van der Waals surface area contributed by atoms with E-state index in [1.165, 1.54) is 6.92 Å². The number of aliphatic hydroxyl groups excluding tert-OH is 4. The van der Waals surface area contributed by atoms with Gasteiger partial charge in [-0.1, -0.05) is 0 Å². The van der Waals surface area contributed by atoms with Crippen molar-refractivity contribution in [1.82, 2.24) is 0 Å². The topological polar surface area (TPSA) is 80.9 Å². The Morgan fingerprint density at radius 3 is 1.78 bits per heavy atom. The van der Waals surface area contributed by atoms with Gasteiger partial charge in [-0.05, 0) is 6.92 Å². The first kappa shape index (κ1) is 8.84. The first-order valence-electron chi connectivity index (χ1n) is 2.74. The summed E-state index contributed by atoms with van der Waals surface area (Å²) in [6.07, 6.45) is -3.51. The van der Waals surface area contributed by atoms with E-state index in [4.69, 9.17) is 20.4 Å². The number of hydrogen-bond donors (Lipinski definition) is 4. The Hall–Kier alpha value is -0.160. The SMILES string of the molecule is C[C@@H](O)[C@H](O)[C@H](O)CO. The van der Waals surface area contributed by atoms with Crippen LogP contribution in [-0.2, 0) is 0 Å². The summed E-state index contributed by atoms with van der Waals surface area (Å²) in [5.41, 5.74) is 0. The van der Waals surface area contributed by atoms with Gasteiger partial charge in [0.25, 0.3) is 0 Å². The van der Waals surface area contributed by atoms with Gasteiger partial charge in [0.1, 0.15) is 12.2 Å². The molecule has 0 aliphatic heterocycles. The zero-order valence-electron chi connectivity index (χ0n) is 5.23. The maximum absolute atomic E-state index is 8.73. The van der Waals surface area contributed by atoms with Crippen molar-refractivity contribution in [3.8, 4) is 0 Å². The summed E-state index contributed by atoms with van der Waals surface area (Å²) in [4.78, 5) is 0. The van der Waals surface area contributed by atoms with E-state index in [9.17, 15) is 0 Å². The molecule has 56 valence electrons. The predicted molar refractivity (Wildman–Crippen MR) is 30.8 cm³/mol.